The maximum atomic E-state index is 12.7. The highest BCUT2D eigenvalue weighted by atomic mass is 127. The Morgan fingerprint density at radius 3 is 2.09 bits per heavy atom. The number of thiazole rings is 2. The summed E-state index contributed by atoms with van der Waals surface area (Å²) in [4.78, 5) is 19.6. The predicted octanol–water partition coefficient (Wildman–Crippen LogP) is 7.15. The molecule has 5 rings (SSSR count). The van der Waals surface area contributed by atoms with E-state index in [1.807, 2.05) is 27.6 Å². The van der Waals surface area contributed by atoms with Gasteiger partial charge < -0.3 is 5.73 Å². The van der Waals surface area contributed by atoms with Gasteiger partial charge in [-0.25, -0.2) is 18.7 Å². The summed E-state index contributed by atoms with van der Waals surface area (Å²) in [6.07, 6.45) is 5.58. The molecule has 0 radical (unpaired) electrons. The van der Waals surface area contributed by atoms with Crippen LogP contribution >= 0.6 is 62.6 Å². The number of hydrogen-bond acceptors (Lipinski definition) is 6. The summed E-state index contributed by atoms with van der Waals surface area (Å²) in [5, 5.41) is 4.46. The molecule has 2 N–H and O–H groups in total. The van der Waals surface area contributed by atoms with Gasteiger partial charge in [0, 0.05) is 41.9 Å². The lowest BCUT2D eigenvalue weighted by atomic mass is 10.2. The molecule has 2 aromatic carbocycles. The number of carbonyl (C=O) groups excluding carboxylic acids is 1. The quantitative estimate of drug-likeness (QED) is 0.163. The molecule has 0 saturated carbocycles. The second kappa shape index (κ2) is 12.7. The number of benzene rings is 2. The van der Waals surface area contributed by atoms with Gasteiger partial charge in [0.15, 0.2) is 10.1 Å². The van der Waals surface area contributed by atoms with Crippen LogP contribution in [0.1, 0.15) is 11.8 Å². The third kappa shape index (κ3) is 7.73. The van der Waals surface area contributed by atoms with Crippen molar-refractivity contribution in [2.45, 2.75) is 0 Å². The number of halogens is 4. The van der Waals surface area contributed by atoms with Crippen LogP contribution in [-0.4, -0.2) is 19.1 Å². The Morgan fingerprint density at radius 2 is 1.62 bits per heavy atom. The van der Waals surface area contributed by atoms with Crippen LogP contribution in [0, 0.1) is 11.6 Å². The smallest absolute Gasteiger partial charge is 0.228 e. The molecule has 0 aliphatic carbocycles. The SMILES string of the molecule is Fc1ccc(-c2cn3ccsc3n2)cc1.I.Nc1nccs1.O=C(Br)c1ccc(F)cc1.[HH]. The van der Waals surface area contributed by atoms with Crippen LogP contribution in [-0.2, 0) is 0 Å². The molecule has 5 aromatic rings. The van der Waals surface area contributed by atoms with E-state index in [4.69, 9.17) is 5.73 Å². The Hall–Kier alpha value is -2.22. The third-order valence-electron chi connectivity index (χ3n) is 3.76. The Morgan fingerprint density at radius 1 is 1.00 bits per heavy atom. The van der Waals surface area contributed by atoms with E-state index < -0.39 is 0 Å². The number of rotatable bonds is 2. The molecule has 0 saturated heterocycles. The molecule has 168 valence electrons. The van der Waals surface area contributed by atoms with Gasteiger partial charge in [-0.1, -0.05) is 0 Å². The Bertz CT molecular complexity index is 1220. The molecule has 11 heteroatoms. The third-order valence-corrected chi connectivity index (χ3v) is 5.59. The minimum Gasteiger partial charge on any atom is -0.375 e. The molecule has 3 heterocycles. The van der Waals surface area contributed by atoms with Gasteiger partial charge in [0.1, 0.15) is 11.6 Å². The maximum Gasteiger partial charge on any atom is 0.228 e. The number of nitrogens with two attached hydrogens (primary N) is 1. The summed E-state index contributed by atoms with van der Waals surface area (Å²) in [6.45, 7) is 0. The minimum atomic E-state index is -0.336. The number of hydrogen-bond donors (Lipinski definition) is 1. The van der Waals surface area contributed by atoms with Crippen molar-refractivity contribution in [1.82, 2.24) is 14.4 Å². The fourth-order valence-corrected chi connectivity index (χ4v) is 3.65. The van der Waals surface area contributed by atoms with Crippen molar-refractivity contribution in [3.05, 3.63) is 95.1 Å². The molecule has 0 spiro atoms. The summed E-state index contributed by atoms with van der Waals surface area (Å²) >= 11 is 5.77. The number of fused-ring (bicyclic) bond motifs is 1. The van der Waals surface area contributed by atoms with Crippen LogP contribution in [0.3, 0.4) is 0 Å². The zero-order valence-electron chi connectivity index (χ0n) is 16.2. The number of nitrogens with zero attached hydrogens (tertiary/aromatic N) is 3. The fourth-order valence-electron chi connectivity index (χ4n) is 2.30. The van der Waals surface area contributed by atoms with Crippen molar-refractivity contribution in [3.8, 4) is 11.3 Å². The van der Waals surface area contributed by atoms with Gasteiger partial charge in [0.05, 0.1) is 5.69 Å². The molecule has 0 atom stereocenters. The normalized spacial score (nSPS) is 9.72. The first-order chi connectivity index (χ1) is 14.9. The summed E-state index contributed by atoms with van der Waals surface area (Å²) < 4.78 is 26.7. The lowest BCUT2D eigenvalue weighted by molar-refractivity contribution is 0.109. The molecule has 0 aliphatic heterocycles. The summed E-state index contributed by atoms with van der Waals surface area (Å²) in [7, 11) is 0. The lowest BCUT2D eigenvalue weighted by Crippen LogP contribution is -1.86. The molecule has 0 fully saturated rings. The number of aromatic nitrogens is 3. The van der Waals surface area contributed by atoms with E-state index in [1.165, 1.54) is 47.7 Å². The van der Waals surface area contributed by atoms with Crippen molar-refractivity contribution in [2.75, 3.05) is 5.73 Å². The highest BCUT2D eigenvalue weighted by Crippen LogP contribution is 2.21. The Balaban J connectivity index is 0.000000264. The number of anilines is 1. The largest absolute Gasteiger partial charge is 0.375 e. The van der Waals surface area contributed by atoms with Crippen LogP contribution < -0.4 is 5.73 Å². The molecule has 0 aliphatic rings. The fraction of sp³-hybridized carbons (Fsp3) is 0. The van der Waals surface area contributed by atoms with Crippen LogP contribution in [0.15, 0.2) is 77.9 Å². The van der Waals surface area contributed by atoms with Crippen LogP contribution in [0.5, 0.6) is 0 Å². The Kier molecular flexibility index (Phi) is 10.4. The van der Waals surface area contributed by atoms with Gasteiger partial charge in [-0.2, -0.15) is 0 Å². The first kappa shape index (κ1) is 26.0. The molecule has 3 aromatic heterocycles. The van der Waals surface area contributed by atoms with E-state index in [1.54, 1.807) is 29.7 Å². The number of imidazole rings is 1. The van der Waals surface area contributed by atoms with E-state index in [0.29, 0.717) is 10.7 Å². The molecular formula is C21H18BrF2IN4OS2. The first-order valence-electron chi connectivity index (χ1n) is 8.71. The maximum absolute atomic E-state index is 12.7. The van der Waals surface area contributed by atoms with E-state index >= 15 is 0 Å². The van der Waals surface area contributed by atoms with Crippen LogP contribution in [0.2, 0.25) is 0 Å². The topological polar surface area (TPSA) is 73.3 Å². The van der Waals surface area contributed by atoms with Crippen LogP contribution in [0.25, 0.3) is 16.2 Å². The minimum absolute atomic E-state index is 0. The molecule has 0 bridgehead atoms. The van der Waals surface area contributed by atoms with E-state index in [0.717, 1.165) is 16.2 Å². The highest BCUT2D eigenvalue weighted by Gasteiger charge is 2.04. The van der Waals surface area contributed by atoms with Gasteiger partial charge >= 0.3 is 0 Å². The van der Waals surface area contributed by atoms with Gasteiger partial charge in [0.25, 0.3) is 0 Å². The van der Waals surface area contributed by atoms with Crippen molar-refractivity contribution in [3.63, 3.8) is 0 Å². The monoisotopic (exact) mass is 650 g/mol. The van der Waals surface area contributed by atoms with Crippen molar-refractivity contribution in [2.24, 2.45) is 0 Å². The van der Waals surface area contributed by atoms with E-state index in [2.05, 4.69) is 25.9 Å². The van der Waals surface area contributed by atoms with Crippen molar-refractivity contribution >= 4 is 77.4 Å². The number of carbonyl (C=O) groups is 1. The average Bonchev–Trinajstić information content (AvgIpc) is 3.48. The second-order valence-electron chi connectivity index (χ2n) is 5.88. The molecule has 5 nitrogen and oxygen atoms in total. The summed E-state index contributed by atoms with van der Waals surface area (Å²) in [5.74, 6) is -0.558. The zero-order chi connectivity index (χ0) is 22.2. The van der Waals surface area contributed by atoms with E-state index in [-0.39, 0.29) is 41.7 Å². The van der Waals surface area contributed by atoms with Gasteiger partial charge in [0.2, 0.25) is 4.69 Å². The number of nitrogen functional groups attached to an aromatic ring is 1. The van der Waals surface area contributed by atoms with Crippen molar-refractivity contribution < 1.29 is 15.0 Å². The first-order valence-corrected chi connectivity index (χ1v) is 11.3. The second-order valence-corrected chi connectivity index (χ2v) is 8.40. The van der Waals surface area contributed by atoms with Gasteiger partial charge in [-0.15, -0.1) is 46.7 Å². The van der Waals surface area contributed by atoms with Crippen molar-refractivity contribution in [1.29, 1.82) is 0 Å². The molecular weight excluding hydrogens is 633 g/mol. The highest BCUT2D eigenvalue weighted by molar-refractivity contribution is 14.0. The molecule has 0 unspecified atom stereocenters. The van der Waals surface area contributed by atoms with E-state index in [9.17, 15) is 13.6 Å². The summed E-state index contributed by atoms with van der Waals surface area (Å²) in [6, 6.07) is 11.7. The summed E-state index contributed by atoms with van der Waals surface area (Å²) in [5.41, 5.74) is 7.46. The van der Waals surface area contributed by atoms with Crippen LogP contribution in [0.4, 0.5) is 13.9 Å². The predicted molar refractivity (Wildman–Crippen MR) is 142 cm³/mol. The lowest BCUT2D eigenvalue weighted by Gasteiger charge is -1.94. The zero-order valence-corrected chi connectivity index (χ0v) is 21.7. The van der Waals surface area contributed by atoms with Gasteiger partial charge in [-0.05, 0) is 64.5 Å². The van der Waals surface area contributed by atoms with Gasteiger partial charge in [-0.3, -0.25) is 9.20 Å². The molecule has 32 heavy (non-hydrogen) atoms. The Labute approximate surface area is 217 Å². The molecule has 0 amide bonds. The standard InChI is InChI=1S/C11H7FN2S.C7H4BrFO.C3H4N2S.HI.H2/c12-9-3-1-8(2-4-9)10-7-14-5-6-15-11(14)13-10;8-7(10)5-1-3-6(9)4-2-5;4-3-5-1-2-6-3;;/h1-7H;1-4H;1-2H,(H2,4,5);2*1H. The average molecular weight is 651 g/mol.